The summed E-state index contributed by atoms with van der Waals surface area (Å²) in [5, 5.41) is 2.72. The van der Waals surface area contributed by atoms with Gasteiger partial charge >= 0.3 is 11.9 Å². The van der Waals surface area contributed by atoms with Gasteiger partial charge in [0, 0.05) is 11.8 Å². The highest BCUT2D eigenvalue weighted by atomic mass is 16.5. The third kappa shape index (κ3) is 6.05. The fourth-order valence-electron chi connectivity index (χ4n) is 0.710. The molecule has 0 unspecified atom stereocenters. The molecule has 0 fully saturated rings. The van der Waals surface area contributed by atoms with Crippen LogP contribution < -0.4 is 5.32 Å². The first-order valence-electron chi connectivity index (χ1n) is 4.25. The molecule has 5 nitrogen and oxygen atoms in total. The highest BCUT2D eigenvalue weighted by Gasteiger charge is 2.01. The summed E-state index contributed by atoms with van der Waals surface area (Å²) in [6.07, 6.45) is 1.26. The zero-order chi connectivity index (χ0) is 11.0. The normalized spacial score (nSPS) is 10.6. The molecule has 0 saturated heterocycles. The Morgan fingerprint density at radius 2 is 2.07 bits per heavy atom. The minimum Gasteiger partial charge on any atom is -0.466 e. The Morgan fingerprint density at radius 1 is 1.43 bits per heavy atom. The van der Waals surface area contributed by atoms with E-state index in [1.165, 1.54) is 13.2 Å². The molecule has 0 radical (unpaired) electrons. The van der Waals surface area contributed by atoms with Crippen LogP contribution in [0.3, 0.4) is 0 Å². The second kappa shape index (κ2) is 6.94. The molecule has 0 aliphatic carbocycles. The maximum Gasteiger partial charge on any atom is 0.332 e. The van der Waals surface area contributed by atoms with Crippen molar-refractivity contribution < 1.29 is 19.1 Å². The van der Waals surface area contributed by atoms with Crippen LogP contribution in [0.5, 0.6) is 0 Å². The van der Waals surface area contributed by atoms with Crippen molar-refractivity contribution in [3.8, 4) is 0 Å². The van der Waals surface area contributed by atoms with E-state index in [2.05, 4.69) is 14.8 Å². The van der Waals surface area contributed by atoms with E-state index in [0.717, 1.165) is 0 Å². The lowest BCUT2D eigenvalue weighted by Gasteiger charge is -2.05. The standard InChI is InChI=1S/C9H15NO4/c1-4-14-9(12)6-10-7(2)5-8(11)13-3/h5,10H,4,6H2,1-3H3/b7-5+. The molecular formula is C9H15NO4. The summed E-state index contributed by atoms with van der Waals surface area (Å²) in [5.41, 5.74) is 0.560. The Hall–Kier alpha value is -1.52. The second-order valence-corrected chi connectivity index (χ2v) is 2.51. The maximum atomic E-state index is 10.9. The summed E-state index contributed by atoms with van der Waals surface area (Å²) in [4.78, 5) is 21.6. The third-order valence-electron chi connectivity index (χ3n) is 1.35. The molecule has 0 amide bonds. The highest BCUT2D eigenvalue weighted by Crippen LogP contribution is 1.88. The van der Waals surface area contributed by atoms with E-state index in [1.54, 1.807) is 13.8 Å². The zero-order valence-corrected chi connectivity index (χ0v) is 8.62. The van der Waals surface area contributed by atoms with Gasteiger partial charge in [-0.2, -0.15) is 0 Å². The van der Waals surface area contributed by atoms with Crippen molar-refractivity contribution in [1.82, 2.24) is 5.32 Å². The Bertz CT molecular complexity index is 235. The molecule has 5 heteroatoms. The first kappa shape index (κ1) is 12.5. The Balaban J connectivity index is 3.83. The summed E-state index contributed by atoms with van der Waals surface area (Å²) in [6, 6.07) is 0. The minimum absolute atomic E-state index is 0.0488. The summed E-state index contributed by atoms with van der Waals surface area (Å²) in [6.45, 7) is 3.79. The smallest absolute Gasteiger partial charge is 0.332 e. The number of rotatable bonds is 5. The van der Waals surface area contributed by atoms with Gasteiger partial charge in [0.2, 0.25) is 0 Å². The number of ether oxygens (including phenoxy) is 2. The number of carbonyl (C=O) groups is 2. The van der Waals surface area contributed by atoms with Crippen molar-refractivity contribution in [3.05, 3.63) is 11.8 Å². The lowest BCUT2D eigenvalue weighted by molar-refractivity contribution is -0.142. The van der Waals surface area contributed by atoms with E-state index < -0.39 is 5.97 Å². The van der Waals surface area contributed by atoms with Gasteiger partial charge in [-0.1, -0.05) is 0 Å². The summed E-state index contributed by atoms with van der Waals surface area (Å²) < 4.78 is 9.08. The van der Waals surface area contributed by atoms with Gasteiger partial charge in [0.05, 0.1) is 13.7 Å². The van der Waals surface area contributed by atoms with Gasteiger partial charge in [-0.3, -0.25) is 4.79 Å². The van der Waals surface area contributed by atoms with E-state index in [4.69, 9.17) is 0 Å². The summed E-state index contributed by atoms with van der Waals surface area (Å²) in [5.74, 6) is -0.816. The van der Waals surface area contributed by atoms with E-state index in [9.17, 15) is 9.59 Å². The van der Waals surface area contributed by atoms with Crippen LogP contribution in [0.25, 0.3) is 0 Å². The van der Waals surface area contributed by atoms with Crippen LogP contribution in [0.2, 0.25) is 0 Å². The molecule has 0 aromatic heterocycles. The quantitative estimate of drug-likeness (QED) is 0.509. The number of hydrogen-bond acceptors (Lipinski definition) is 5. The lowest BCUT2D eigenvalue weighted by Crippen LogP contribution is -2.23. The summed E-state index contributed by atoms with van der Waals surface area (Å²) >= 11 is 0. The first-order chi connectivity index (χ1) is 6.60. The molecular weight excluding hydrogens is 186 g/mol. The monoisotopic (exact) mass is 201 g/mol. The van der Waals surface area contributed by atoms with Crippen molar-refractivity contribution in [2.75, 3.05) is 20.3 Å². The molecule has 0 heterocycles. The topological polar surface area (TPSA) is 64.6 Å². The highest BCUT2D eigenvalue weighted by molar-refractivity contribution is 5.82. The van der Waals surface area contributed by atoms with E-state index in [1.807, 2.05) is 0 Å². The van der Waals surface area contributed by atoms with Crippen LogP contribution in [0.15, 0.2) is 11.8 Å². The van der Waals surface area contributed by atoms with Crippen LogP contribution in [0, 0.1) is 0 Å². The number of methoxy groups -OCH3 is 1. The molecule has 0 aromatic rings. The molecule has 0 aliphatic rings. The molecule has 14 heavy (non-hydrogen) atoms. The van der Waals surface area contributed by atoms with Crippen LogP contribution in [0.1, 0.15) is 13.8 Å². The van der Waals surface area contributed by atoms with E-state index >= 15 is 0 Å². The van der Waals surface area contributed by atoms with Crippen molar-refractivity contribution in [1.29, 1.82) is 0 Å². The zero-order valence-electron chi connectivity index (χ0n) is 8.62. The van der Waals surface area contributed by atoms with Gasteiger partial charge in [0.1, 0.15) is 6.54 Å². The number of esters is 2. The Labute approximate surface area is 83.1 Å². The number of allylic oxidation sites excluding steroid dienone is 1. The summed E-state index contributed by atoms with van der Waals surface area (Å²) in [7, 11) is 1.29. The average molecular weight is 201 g/mol. The van der Waals surface area contributed by atoms with E-state index in [-0.39, 0.29) is 12.5 Å². The Morgan fingerprint density at radius 3 is 2.57 bits per heavy atom. The predicted octanol–water partition coefficient (Wildman–Crippen LogP) is 0.216. The maximum absolute atomic E-state index is 10.9. The number of hydrogen-bond donors (Lipinski definition) is 1. The molecule has 0 spiro atoms. The van der Waals surface area contributed by atoms with Crippen molar-refractivity contribution in [2.24, 2.45) is 0 Å². The molecule has 0 saturated carbocycles. The first-order valence-corrected chi connectivity index (χ1v) is 4.25. The third-order valence-corrected chi connectivity index (χ3v) is 1.35. The SMILES string of the molecule is CCOC(=O)CN/C(C)=C/C(=O)OC. The molecule has 0 aliphatic heterocycles. The van der Waals surface area contributed by atoms with Crippen molar-refractivity contribution in [2.45, 2.75) is 13.8 Å². The van der Waals surface area contributed by atoms with Crippen LogP contribution in [-0.4, -0.2) is 32.2 Å². The molecule has 80 valence electrons. The van der Waals surface area contributed by atoms with Crippen molar-refractivity contribution in [3.63, 3.8) is 0 Å². The lowest BCUT2D eigenvalue weighted by atomic mass is 10.4. The molecule has 0 bridgehead atoms. The molecule has 0 atom stereocenters. The van der Waals surface area contributed by atoms with Gasteiger partial charge in [-0.25, -0.2) is 4.79 Å². The molecule has 1 N–H and O–H groups in total. The molecule has 0 aromatic carbocycles. The fraction of sp³-hybridized carbons (Fsp3) is 0.556. The molecule has 0 rings (SSSR count). The Kier molecular flexibility index (Phi) is 6.19. The van der Waals surface area contributed by atoms with Gasteiger partial charge in [-0.05, 0) is 13.8 Å². The number of carbonyl (C=O) groups excluding carboxylic acids is 2. The van der Waals surface area contributed by atoms with Crippen LogP contribution >= 0.6 is 0 Å². The van der Waals surface area contributed by atoms with Crippen LogP contribution in [0.4, 0.5) is 0 Å². The van der Waals surface area contributed by atoms with Gasteiger partial charge < -0.3 is 14.8 Å². The fourth-order valence-corrected chi connectivity index (χ4v) is 0.710. The minimum atomic E-state index is -0.459. The van der Waals surface area contributed by atoms with Crippen molar-refractivity contribution >= 4 is 11.9 Å². The van der Waals surface area contributed by atoms with Gasteiger partial charge in [-0.15, -0.1) is 0 Å². The van der Waals surface area contributed by atoms with Gasteiger partial charge in [0.25, 0.3) is 0 Å². The largest absolute Gasteiger partial charge is 0.466 e. The average Bonchev–Trinajstić information content (AvgIpc) is 2.15. The van der Waals surface area contributed by atoms with E-state index in [0.29, 0.717) is 12.3 Å². The predicted molar refractivity (Wildman–Crippen MR) is 50.4 cm³/mol. The number of nitrogens with one attached hydrogen (secondary N) is 1. The second-order valence-electron chi connectivity index (χ2n) is 2.51. The van der Waals surface area contributed by atoms with Gasteiger partial charge in [0.15, 0.2) is 0 Å². The van der Waals surface area contributed by atoms with Crippen LogP contribution in [-0.2, 0) is 19.1 Å².